The second kappa shape index (κ2) is 9.74. The molecular formula is C23H20F5N5O3S. The molecule has 8 nitrogen and oxygen atoms in total. The van der Waals surface area contributed by atoms with Crippen molar-refractivity contribution in [1.82, 2.24) is 25.6 Å². The van der Waals surface area contributed by atoms with E-state index in [0.29, 0.717) is 25.5 Å². The normalized spacial score (nSPS) is 17.8. The summed E-state index contributed by atoms with van der Waals surface area (Å²) in [5.41, 5.74) is -2.07. The Morgan fingerprint density at radius 1 is 1.05 bits per heavy atom. The zero-order chi connectivity index (χ0) is 27.0. The van der Waals surface area contributed by atoms with Gasteiger partial charge in [0.2, 0.25) is 15.7 Å². The van der Waals surface area contributed by atoms with E-state index in [1.54, 1.807) is 0 Å². The van der Waals surface area contributed by atoms with Crippen LogP contribution in [-0.2, 0) is 25.9 Å². The number of benzene rings is 1. The summed E-state index contributed by atoms with van der Waals surface area (Å²) < 4.78 is 95.9. The number of rotatable bonds is 6. The number of aryl methyl sites for hydroxylation is 1. The van der Waals surface area contributed by atoms with Crippen LogP contribution in [0, 0.1) is 12.7 Å². The molecule has 1 aromatic carbocycles. The average molecular weight is 542 g/mol. The first kappa shape index (κ1) is 26.5. The van der Waals surface area contributed by atoms with Crippen LogP contribution in [0.5, 0.6) is 0 Å². The van der Waals surface area contributed by atoms with Crippen molar-refractivity contribution in [3.63, 3.8) is 0 Å². The van der Waals surface area contributed by atoms with Crippen LogP contribution in [0.25, 0.3) is 11.3 Å². The molecule has 1 saturated heterocycles. The van der Waals surface area contributed by atoms with Crippen LogP contribution in [0.15, 0.2) is 53.6 Å². The molecule has 1 aliphatic rings. The van der Waals surface area contributed by atoms with Crippen molar-refractivity contribution >= 4 is 15.7 Å². The first-order valence-corrected chi connectivity index (χ1v) is 12.4. The van der Waals surface area contributed by atoms with E-state index < -0.39 is 55.2 Å². The fourth-order valence-corrected chi connectivity index (χ4v) is 5.23. The predicted octanol–water partition coefficient (Wildman–Crippen LogP) is 3.43. The van der Waals surface area contributed by atoms with Crippen LogP contribution in [0.3, 0.4) is 0 Å². The first-order valence-electron chi connectivity index (χ1n) is 11.0. The predicted molar refractivity (Wildman–Crippen MR) is 121 cm³/mol. The molecule has 3 heterocycles. The van der Waals surface area contributed by atoms with E-state index in [4.69, 9.17) is 0 Å². The van der Waals surface area contributed by atoms with Gasteiger partial charge in [-0.2, -0.15) is 17.6 Å². The summed E-state index contributed by atoms with van der Waals surface area (Å²) in [5, 5.41) is 1.14. The van der Waals surface area contributed by atoms with E-state index in [0.717, 1.165) is 42.6 Å². The zero-order valence-electron chi connectivity index (χ0n) is 19.2. The summed E-state index contributed by atoms with van der Waals surface area (Å²) in [6.45, 7) is 1.79. The van der Waals surface area contributed by atoms with Crippen molar-refractivity contribution < 1.29 is 35.2 Å². The number of halogens is 5. The third-order valence-electron chi connectivity index (χ3n) is 5.67. The number of nitrogens with one attached hydrogen (secondary N) is 2. The Balaban J connectivity index is 1.84. The van der Waals surface area contributed by atoms with Gasteiger partial charge < -0.3 is 10.6 Å². The molecule has 0 saturated carbocycles. The molecule has 2 unspecified atom stereocenters. The lowest BCUT2D eigenvalue weighted by Crippen LogP contribution is -2.53. The van der Waals surface area contributed by atoms with Gasteiger partial charge in [0.25, 0.3) is 0 Å². The zero-order valence-corrected chi connectivity index (χ0v) is 20.0. The molecular weight excluding hydrogens is 521 g/mol. The molecule has 0 bridgehead atoms. The van der Waals surface area contributed by atoms with Gasteiger partial charge in [0, 0.05) is 11.8 Å². The number of amides is 1. The molecule has 0 radical (unpaired) electrons. The first-order chi connectivity index (χ1) is 17.3. The van der Waals surface area contributed by atoms with E-state index in [2.05, 4.69) is 20.3 Å². The van der Waals surface area contributed by atoms with Crippen LogP contribution in [0.2, 0.25) is 0 Å². The smallest absolute Gasteiger partial charge is 0.306 e. The number of nitrogens with zero attached hydrogens (tertiary/aromatic N) is 3. The highest BCUT2D eigenvalue weighted by Crippen LogP contribution is 2.36. The molecule has 1 aliphatic heterocycles. The third-order valence-corrected chi connectivity index (χ3v) is 7.62. The minimum absolute atomic E-state index is 0.0186. The lowest BCUT2D eigenvalue weighted by molar-refractivity contribution is -0.141. The largest absolute Gasteiger partial charge is 0.433 e. The van der Waals surface area contributed by atoms with Gasteiger partial charge >= 0.3 is 11.3 Å². The second-order valence-electron chi connectivity index (χ2n) is 8.31. The number of pyridine rings is 1. The molecule has 3 aromatic rings. The molecule has 1 fully saturated rings. The summed E-state index contributed by atoms with van der Waals surface area (Å²) in [4.78, 5) is 23.5. The maximum Gasteiger partial charge on any atom is 0.433 e. The maximum atomic E-state index is 16.8. The molecule has 0 spiro atoms. The van der Waals surface area contributed by atoms with Crippen molar-refractivity contribution in [2.75, 3.05) is 6.54 Å². The van der Waals surface area contributed by atoms with Gasteiger partial charge in [-0.1, -0.05) is 0 Å². The van der Waals surface area contributed by atoms with Gasteiger partial charge in [-0.3, -0.25) is 9.78 Å². The lowest BCUT2D eigenvalue weighted by Gasteiger charge is -2.28. The molecule has 2 aromatic heterocycles. The highest BCUT2D eigenvalue weighted by Gasteiger charge is 2.51. The number of carbonyl (C=O) groups is 1. The van der Waals surface area contributed by atoms with Gasteiger partial charge in [-0.25, -0.2) is 22.8 Å². The Kier molecular flexibility index (Phi) is 6.99. The molecule has 4 rings (SSSR count). The Morgan fingerprint density at radius 2 is 1.76 bits per heavy atom. The Hall–Kier alpha value is -3.52. The monoisotopic (exact) mass is 541 g/mol. The van der Waals surface area contributed by atoms with Gasteiger partial charge in [0.1, 0.15) is 23.0 Å². The van der Waals surface area contributed by atoms with Crippen molar-refractivity contribution in [2.45, 2.75) is 42.0 Å². The molecule has 196 valence electrons. The van der Waals surface area contributed by atoms with Crippen molar-refractivity contribution in [3.05, 3.63) is 71.7 Å². The molecule has 0 aliphatic carbocycles. The summed E-state index contributed by atoms with van der Waals surface area (Å²) >= 11 is 0. The van der Waals surface area contributed by atoms with Crippen LogP contribution in [0.1, 0.15) is 30.1 Å². The number of aromatic nitrogens is 3. The number of carbonyl (C=O) groups excluding carboxylic acids is 1. The summed E-state index contributed by atoms with van der Waals surface area (Å²) in [5.74, 6) is -1.84. The Morgan fingerprint density at radius 3 is 2.32 bits per heavy atom. The number of hydrogen-bond acceptors (Lipinski definition) is 7. The third kappa shape index (κ3) is 5.30. The van der Waals surface area contributed by atoms with Crippen LogP contribution in [0.4, 0.5) is 22.0 Å². The van der Waals surface area contributed by atoms with Crippen molar-refractivity contribution in [3.8, 4) is 11.3 Å². The standard InChI is InChI=1S/C23H20F5N5O3S/c1-13-31-18(14-4-9-19(30-12-14)22(25,26)27)11-20(32-13)23(28,33-21(34)17-3-2-10-29-17)37(35,36)16-7-5-15(24)6-8-16/h4-9,11-12,17,29H,2-3,10H2,1H3,(H,33,34). The van der Waals surface area contributed by atoms with E-state index >= 15 is 4.39 Å². The lowest BCUT2D eigenvalue weighted by atomic mass is 10.1. The fourth-order valence-electron chi connectivity index (χ4n) is 3.79. The van der Waals surface area contributed by atoms with Crippen molar-refractivity contribution in [2.24, 2.45) is 0 Å². The molecule has 14 heteroatoms. The van der Waals surface area contributed by atoms with Crippen LogP contribution >= 0.6 is 0 Å². The summed E-state index contributed by atoms with van der Waals surface area (Å²) in [7, 11) is -5.08. The van der Waals surface area contributed by atoms with Crippen LogP contribution in [-0.4, -0.2) is 41.9 Å². The molecule has 1 amide bonds. The number of hydrogen-bond donors (Lipinski definition) is 2. The van der Waals surface area contributed by atoms with E-state index in [9.17, 15) is 30.8 Å². The van der Waals surface area contributed by atoms with Gasteiger partial charge in [0.05, 0.1) is 16.6 Å². The molecule has 2 N–H and O–H groups in total. The summed E-state index contributed by atoms with van der Waals surface area (Å²) in [6, 6.07) is 5.09. The maximum absolute atomic E-state index is 16.8. The number of sulfone groups is 1. The molecule has 2 atom stereocenters. The Labute approximate surface area is 208 Å². The second-order valence-corrected chi connectivity index (χ2v) is 10.3. The highest BCUT2D eigenvalue weighted by molar-refractivity contribution is 7.92. The minimum Gasteiger partial charge on any atom is -0.306 e. The average Bonchev–Trinajstić information content (AvgIpc) is 3.39. The minimum atomic E-state index is -5.08. The van der Waals surface area contributed by atoms with E-state index in [-0.39, 0.29) is 17.1 Å². The number of alkyl halides is 4. The topological polar surface area (TPSA) is 114 Å². The fraction of sp³-hybridized carbons (Fsp3) is 0.304. The SMILES string of the molecule is Cc1nc(-c2ccc(C(F)(F)F)nc2)cc(C(F)(NC(=O)C2CCCN2)S(=O)(=O)c2ccc(F)cc2)n1. The quantitative estimate of drug-likeness (QED) is 0.279. The molecule has 37 heavy (non-hydrogen) atoms. The van der Waals surface area contributed by atoms with E-state index in [1.165, 1.54) is 6.92 Å². The van der Waals surface area contributed by atoms with Crippen molar-refractivity contribution in [1.29, 1.82) is 0 Å². The Bertz CT molecular complexity index is 1410. The summed E-state index contributed by atoms with van der Waals surface area (Å²) in [6.07, 6.45) is -2.89. The van der Waals surface area contributed by atoms with E-state index in [1.807, 2.05) is 5.32 Å². The van der Waals surface area contributed by atoms with Gasteiger partial charge in [-0.05, 0) is 68.8 Å². The van der Waals surface area contributed by atoms with Crippen LogP contribution < -0.4 is 10.6 Å². The highest BCUT2D eigenvalue weighted by atomic mass is 32.2. The van der Waals surface area contributed by atoms with Gasteiger partial charge in [-0.15, -0.1) is 0 Å². The van der Waals surface area contributed by atoms with Gasteiger partial charge in [0.15, 0.2) is 0 Å².